The van der Waals surface area contributed by atoms with E-state index < -0.39 is 0 Å². The molecule has 0 saturated carbocycles. The number of halogens is 3. The van der Waals surface area contributed by atoms with Gasteiger partial charge in [-0.05, 0) is 39.8 Å². The summed E-state index contributed by atoms with van der Waals surface area (Å²) < 4.78 is 0. The van der Waals surface area contributed by atoms with E-state index in [0.29, 0.717) is 15.6 Å². The molecule has 2 nitrogen and oxygen atoms in total. The molecule has 0 aliphatic carbocycles. The normalized spacial score (nSPS) is 11.2. The van der Waals surface area contributed by atoms with Crippen molar-refractivity contribution in [1.82, 2.24) is 4.90 Å². The van der Waals surface area contributed by atoms with Crippen LogP contribution in [0.5, 0.6) is 0 Å². The second kappa shape index (κ2) is 6.14. The zero-order valence-corrected chi connectivity index (χ0v) is 13.1. The molecule has 0 fully saturated rings. The van der Waals surface area contributed by atoms with Crippen LogP contribution in [0.4, 0.5) is 0 Å². The van der Waals surface area contributed by atoms with Crippen molar-refractivity contribution in [2.24, 2.45) is 0 Å². The highest BCUT2D eigenvalue weighted by Gasteiger charge is 2.24. The monoisotopic (exact) mass is 307 g/mol. The molecular formula is C13H16Cl3NO. The first-order valence-corrected chi connectivity index (χ1v) is 6.86. The molecule has 0 aromatic heterocycles. The fourth-order valence-corrected chi connectivity index (χ4v) is 2.60. The summed E-state index contributed by atoms with van der Waals surface area (Å²) in [6.45, 7) is 7.83. The Morgan fingerprint density at radius 2 is 1.56 bits per heavy atom. The van der Waals surface area contributed by atoms with Gasteiger partial charge in [0.2, 0.25) is 0 Å². The maximum Gasteiger partial charge on any atom is 0.255 e. The second-order valence-electron chi connectivity index (χ2n) is 4.65. The highest BCUT2D eigenvalue weighted by Crippen LogP contribution is 2.31. The van der Waals surface area contributed by atoms with Crippen LogP contribution in [0.1, 0.15) is 38.1 Å². The zero-order valence-electron chi connectivity index (χ0n) is 10.8. The Hall–Kier alpha value is -0.440. The number of nitrogens with zero attached hydrogens (tertiary/aromatic N) is 1. The molecule has 0 radical (unpaired) electrons. The molecule has 18 heavy (non-hydrogen) atoms. The van der Waals surface area contributed by atoms with Gasteiger partial charge in [0.15, 0.2) is 0 Å². The molecule has 0 bridgehead atoms. The van der Waals surface area contributed by atoms with Gasteiger partial charge in [0.05, 0.1) is 15.6 Å². The standard InChI is InChI=1S/C13H16Cl3NO/c1-7(2)17(8(3)4)13(18)10-5-9(14)6-11(15)12(10)16/h5-8H,1-4H3. The van der Waals surface area contributed by atoms with Crippen molar-refractivity contribution >= 4 is 40.7 Å². The maximum atomic E-state index is 12.5. The molecular weight excluding hydrogens is 293 g/mol. The molecule has 0 unspecified atom stereocenters. The first kappa shape index (κ1) is 15.6. The molecule has 0 heterocycles. The minimum atomic E-state index is -0.158. The van der Waals surface area contributed by atoms with E-state index in [1.54, 1.807) is 11.0 Å². The average molecular weight is 309 g/mol. The summed E-state index contributed by atoms with van der Waals surface area (Å²) >= 11 is 17.9. The van der Waals surface area contributed by atoms with Crippen LogP contribution < -0.4 is 0 Å². The summed E-state index contributed by atoms with van der Waals surface area (Å²) in [7, 11) is 0. The minimum Gasteiger partial charge on any atom is -0.334 e. The lowest BCUT2D eigenvalue weighted by molar-refractivity contribution is 0.0644. The van der Waals surface area contributed by atoms with Crippen molar-refractivity contribution in [3.05, 3.63) is 32.8 Å². The molecule has 1 rings (SSSR count). The smallest absolute Gasteiger partial charge is 0.255 e. The molecule has 1 aromatic carbocycles. The third-order valence-electron chi connectivity index (χ3n) is 2.57. The van der Waals surface area contributed by atoms with Gasteiger partial charge in [-0.1, -0.05) is 34.8 Å². The van der Waals surface area contributed by atoms with Crippen molar-refractivity contribution < 1.29 is 4.79 Å². The van der Waals surface area contributed by atoms with Gasteiger partial charge in [-0.2, -0.15) is 0 Å². The quantitative estimate of drug-likeness (QED) is 0.727. The molecule has 1 amide bonds. The van der Waals surface area contributed by atoms with Gasteiger partial charge in [-0.25, -0.2) is 0 Å². The lowest BCUT2D eigenvalue weighted by Gasteiger charge is -2.31. The summed E-state index contributed by atoms with van der Waals surface area (Å²) in [5.74, 6) is -0.158. The molecule has 1 aromatic rings. The lowest BCUT2D eigenvalue weighted by atomic mass is 10.1. The molecule has 0 spiro atoms. The number of carbonyl (C=O) groups is 1. The van der Waals surface area contributed by atoms with E-state index in [1.807, 2.05) is 27.7 Å². The molecule has 0 atom stereocenters. The molecule has 0 saturated heterocycles. The highest BCUT2D eigenvalue weighted by molar-refractivity contribution is 6.45. The number of hydrogen-bond donors (Lipinski definition) is 0. The summed E-state index contributed by atoms with van der Waals surface area (Å²) in [5.41, 5.74) is 0.344. The van der Waals surface area contributed by atoms with E-state index in [9.17, 15) is 4.79 Å². The largest absolute Gasteiger partial charge is 0.334 e. The van der Waals surface area contributed by atoms with Crippen LogP contribution in [-0.4, -0.2) is 22.9 Å². The molecule has 0 N–H and O–H groups in total. The summed E-state index contributed by atoms with van der Waals surface area (Å²) in [4.78, 5) is 14.2. The van der Waals surface area contributed by atoms with Gasteiger partial charge >= 0.3 is 0 Å². The molecule has 0 aliphatic heterocycles. The van der Waals surface area contributed by atoms with E-state index >= 15 is 0 Å². The Kier molecular flexibility index (Phi) is 5.32. The number of carbonyl (C=O) groups excluding carboxylic acids is 1. The van der Waals surface area contributed by atoms with E-state index in [0.717, 1.165) is 0 Å². The number of hydrogen-bond acceptors (Lipinski definition) is 1. The molecule has 0 aliphatic rings. The van der Waals surface area contributed by atoms with Crippen LogP contribution in [0.25, 0.3) is 0 Å². The summed E-state index contributed by atoms with van der Waals surface area (Å²) in [6.07, 6.45) is 0. The highest BCUT2D eigenvalue weighted by atomic mass is 35.5. The first-order chi connectivity index (χ1) is 8.25. The van der Waals surface area contributed by atoms with Crippen LogP contribution in [-0.2, 0) is 0 Å². The van der Waals surface area contributed by atoms with Crippen LogP contribution >= 0.6 is 34.8 Å². The fraction of sp³-hybridized carbons (Fsp3) is 0.462. The zero-order chi connectivity index (χ0) is 14.0. The van der Waals surface area contributed by atoms with Crippen molar-refractivity contribution in [2.75, 3.05) is 0 Å². The van der Waals surface area contributed by atoms with Gasteiger partial charge in [0.1, 0.15) is 0 Å². The third-order valence-corrected chi connectivity index (χ3v) is 3.59. The fourth-order valence-electron chi connectivity index (χ4n) is 1.92. The van der Waals surface area contributed by atoms with Crippen LogP contribution in [0.15, 0.2) is 12.1 Å². The van der Waals surface area contributed by atoms with Crippen molar-refractivity contribution in [2.45, 2.75) is 39.8 Å². The Morgan fingerprint density at radius 1 is 1.06 bits per heavy atom. The van der Waals surface area contributed by atoms with E-state index in [1.165, 1.54) is 6.07 Å². The van der Waals surface area contributed by atoms with Crippen LogP contribution in [0.3, 0.4) is 0 Å². The minimum absolute atomic E-state index is 0.0753. The SMILES string of the molecule is CC(C)N(C(=O)c1cc(Cl)cc(Cl)c1Cl)C(C)C. The second-order valence-corrected chi connectivity index (χ2v) is 5.87. The predicted octanol–water partition coefficient (Wildman–Crippen LogP) is 4.91. The van der Waals surface area contributed by atoms with Gasteiger partial charge < -0.3 is 4.90 Å². The number of rotatable bonds is 3. The van der Waals surface area contributed by atoms with Gasteiger partial charge in [0.25, 0.3) is 5.91 Å². The van der Waals surface area contributed by atoms with E-state index in [2.05, 4.69) is 0 Å². The van der Waals surface area contributed by atoms with Gasteiger partial charge in [-0.3, -0.25) is 4.79 Å². The Bertz CT molecular complexity index is 450. The molecule has 100 valence electrons. The summed E-state index contributed by atoms with van der Waals surface area (Å²) in [5, 5.41) is 0.942. The van der Waals surface area contributed by atoms with Crippen molar-refractivity contribution in [3.8, 4) is 0 Å². The Labute approximate surface area is 123 Å². The lowest BCUT2D eigenvalue weighted by Crippen LogP contribution is -2.42. The number of benzene rings is 1. The van der Waals surface area contributed by atoms with Crippen LogP contribution in [0.2, 0.25) is 15.1 Å². The van der Waals surface area contributed by atoms with Gasteiger partial charge in [-0.15, -0.1) is 0 Å². The maximum absolute atomic E-state index is 12.5. The average Bonchev–Trinajstić information content (AvgIpc) is 2.22. The first-order valence-electron chi connectivity index (χ1n) is 5.73. The van der Waals surface area contributed by atoms with Gasteiger partial charge in [0, 0.05) is 17.1 Å². The predicted molar refractivity (Wildman–Crippen MR) is 77.9 cm³/mol. The topological polar surface area (TPSA) is 20.3 Å². The third kappa shape index (κ3) is 3.31. The van der Waals surface area contributed by atoms with E-state index in [-0.39, 0.29) is 23.0 Å². The molecule has 5 heteroatoms. The Morgan fingerprint density at radius 3 is 2.00 bits per heavy atom. The Balaban J connectivity index is 3.25. The van der Waals surface area contributed by atoms with E-state index in [4.69, 9.17) is 34.8 Å². The van der Waals surface area contributed by atoms with Crippen LogP contribution in [0, 0.1) is 0 Å². The summed E-state index contributed by atoms with van der Waals surface area (Å²) in [6, 6.07) is 3.23. The number of amides is 1. The van der Waals surface area contributed by atoms with Crippen molar-refractivity contribution in [3.63, 3.8) is 0 Å². The van der Waals surface area contributed by atoms with Crippen molar-refractivity contribution in [1.29, 1.82) is 0 Å².